The molecule has 0 saturated heterocycles. The first-order valence-electron chi connectivity index (χ1n) is 2.43. The van der Waals surface area contributed by atoms with Crippen LogP contribution in [-0.2, 0) is 0 Å². The van der Waals surface area contributed by atoms with E-state index >= 15 is 0 Å². The normalized spacial score (nSPS) is 9.56. The summed E-state index contributed by atoms with van der Waals surface area (Å²) in [7, 11) is 3.52. The molecule has 0 spiro atoms. The minimum Gasteiger partial charge on any atom is -0.346 e. The third-order valence-electron chi connectivity index (χ3n) is 0.852. The Bertz CT molecular complexity index is 236. The molecule has 0 saturated carbocycles. The second-order valence-corrected chi connectivity index (χ2v) is 1.81. The zero-order chi connectivity index (χ0) is 6.85. The fourth-order valence-corrected chi connectivity index (χ4v) is 0.415. The van der Waals surface area contributed by atoms with E-state index < -0.39 is 5.76 Å². The maximum absolute atomic E-state index is 10.3. The highest BCUT2D eigenvalue weighted by molar-refractivity contribution is 5.21. The predicted octanol–water partition coefficient (Wildman–Crippen LogP) is -0.571. The van der Waals surface area contributed by atoms with Gasteiger partial charge in [0.25, 0.3) is 0 Å². The van der Waals surface area contributed by atoms with E-state index in [0.717, 1.165) is 0 Å². The van der Waals surface area contributed by atoms with Gasteiger partial charge in [0.15, 0.2) is 0 Å². The molecule has 0 aliphatic heterocycles. The number of anilines is 1. The first kappa shape index (κ1) is 5.87. The fraction of sp³-hybridized carbons (Fsp3) is 0.500. The van der Waals surface area contributed by atoms with Gasteiger partial charge in [-0.3, -0.25) is 9.51 Å². The predicted molar refractivity (Wildman–Crippen MR) is 31.5 cm³/mol. The summed E-state index contributed by atoms with van der Waals surface area (Å²) in [5.74, 6) is -0.0984. The molecule has 1 aromatic rings. The van der Waals surface area contributed by atoms with Crippen LogP contribution in [0.15, 0.2) is 9.32 Å². The molecule has 5 heteroatoms. The van der Waals surface area contributed by atoms with Gasteiger partial charge in [-0.25, -0.2) is 4.79 Å². The summed E-state index contributed by atoms with van der Waals surface area (Å²) in [6.45, 7) is 0. The number of H-pyrrole nitrogens is 1. The molecule has 1 aromatic heterocycles. The molecule has 0 amide bonds. The van der Waals surface area contributed by atoms with Gasteiger partial charge in [0.2, 0.25) is 5.95 Å². The van der Waals surface area contributed by atoms with E-state index in [-0.39, 0.29) is 0 Å². The van der Waals surface area contributed by atoms with E-state index in [1.54, 1.807) is 19.0 Å². The smallest absolute Gasteiger partial charge is 0.346 e. The van der Waals surface area contributed by atoms with Crippen molar-refractivity contribution >= 4 is 5.95 Å². The standard InChI is InChI=1S/C4H7N3O2/c1-7(2)3-5-4(8)9-6-3/h1-2H3,(H,5,6,8). The second kappa shape index (κ2) is 1.93. The quantitative estimate of drug-likeness (QED) is 0.551. The minimum atomic E-state index is -0.529. The Morgan fingerprint density at radius 1 is 1.67 bits per heavy atom. The lowest BCUT2D eigenvalue weighted by Crippen LogP contribution is -2.11. The number of hydrogen-bond acceptors (Lipinski definition) is 4. The first-order chi connectivity index (χ1) is 4.20. The lowest BCUT2D eigenvalue weighted by atomic mass is 10.8. The fourth-order valence-electron chi connectivity index (χ4n) is 0.415. The molecule has 0 bridgehead atoms. The first-order valence-corrected chi connectivity index (χ1v) is 2.43. The van der Waals surface area contributed by atoms with Crippen LogP contribution in [0.5, 0.6) is 0 Å². The van der Waals surface area contributed by atoms with E-state index in [1.165, 1.54) is 0 Å². The lowest BCUT2D eigenvalue weighted by Gasteiger charge is -2.02. The monoisotopic (exact) mass is 129 g/mol. The molecule has 0 aromatic carbocycles. The summed E-state index contributed by atoms with van der Waals surface area (Å²) in [5, 5.41) is 3.40. The lowest BCUT2D eigenvalue weighted by molar-refractivity contribution is 0.387. The topological polar surface area (TPSA) is 62.1 Å². The van der Waals surface area contributed by atoms with Crippen LogP contribution in [0.2, 0.25) is 0 Å². The molecule has 9 heavy (non-hydrogen) atoms. The van der Waals surface area contributed by atoms with Crippen molar-refractivity contribution in [2.45, 2.75) is 0 Å². The van der Waals surface area contributed by atoms with Gasteiger partial charge in [-0.2, -0.15) is 0 Å². The highest BCUT2D eigenvalue weighted by atomic mass is 16.5. The molecule has 0 unspecified atom stereocenters. The van der Waals surface area contributed by atoms with Gasteiger partial charge in [-0.15, -0.1) is 0 Å². The number of nitrogens with one attached hydrogen (secondary N) is 1. The summed E-state index contributed by atoms with van der Waals surface area (Å²) < 4.78 is 4.22. The Morgan fingerprint density at radius 2 is 2.33 bits per heavy atom. The molecule has 1 heterocycles. The molecule has 1 rings (SSSR count). The van der Waals surface area contributed by atoms with Crippen LogP contribution in [0.3, 0.4) is 0 Å². The highest BCUT2D eigenvalue weighted by Crippen LogP contribution is 1.93. The highest BCUT2D eigenvalue weighted by Gasteiger charge is 1.98. The molecule has 5 nitrogen and oxygen atoms in total. The van der Waals surface area contributed by atoms with Crippen molar-refractivity contribution in [2.75, 3.05) is 19.0 Å². The van der Waals surface area contributed by atoms with Crippen molar-refractivity contribution in [3.05, 3.63) is 10.6 Å². The van der Waals surface area contributed by atoms with Crippen molar-refractivity contribution in [3.63, 3.8) is 0 Å². The second-order valence-electron chi connectivity index (χ2n) is 1.81. The van der Waals surface area contributed by atoms with E-state index in [2.05, 4.69) is 14.7 Å². The Morgan fingerprint density at radius 3 is 2.56 bits per heavy atom. The van der Waals surface area contributed by atoms with Crippen molar-refractivity contribution in [1.29, 1.82) is 0 Å². The van der Waals surface area contributed by atoms with Crippen LogP contribution in [0.25, 0.3) is 0 Å². The van der Waals surface area contributed by atoms with Crippen LogP contribution >= 0.6 is 0 Å². The Labute approximate surface area is 51.3 Å². The van der Waals surface area contributed by atoms with Gasteiger partial charge in [0.05, 0.1) is 0 Å². The molecule has 0 aliphatic rings. The van der Waals surface area contributed by atoms with Gasteiger partial charge in [-0.05, 0) is 5.16 Å². The zero-order valence-electron chi connectivity index (χ0n) is 5.21. The maximum Gasteiger partial charge on any atom is 0.440 e. The number of hydrogen-bond donors (Lipinski definition) is 1. The van der Waals surface area contributed by atoms with E-state index in [4.69, 9.17) is 0 Å². The number of aromatic nitrogens is 2. The zero-order valence-corrected chi connectivity index (χ0v) is 5.21. The molecule has 50 valence electrons. The summed E-state index contributed by atoms with van der Waals surface area (Å²) in [4.78, 5) is 14.3. The van der Waals surface area contributed by atoms with E-state index in [9.17, 15) is 4.79 Å². The van der Waals surface area contributed by atoms with Gasteiger partial charge >= 0.3 is 5.76 Å². The summed E-state index contributed by atoms with van der Waals surface area (Å²) in [5.41, 5.74) is 0. The molecule has 0 radical (unpaired) electrons. The van der Waals surface area contributed by atoms with Crippen molar-refractivity contribution in [2.24, 2.45) is 0 Å². The van der Waals surface area contributed by atoms with Crippen LogP contribution in [0, 0.1) is 0 Å². The van der Waals surface area contributed by atoms with E-state index in [1.807, 2.05) is 0 Å². The van der Waals surface area contributed by atoms with E-state index in [0.29, 0.717) is 5.95 Å². The van der Waals surface area contributed by atoms with Crippen molar-refractivity contribution in [3.8, 4) is 0 Å². The average molecular weight is 129 g/mol. The summed E-state index contributed by atoms with van der Waals surface area (Å²) in [6.07, 6.45) is 0. The van der Waals surface area contributed by atoms with Crippen molar-refractivity contribution < 1.29 is 4.52 Å². The van der Waals surface area contributed by atoms with Crippen LogP contribution in [0.1, 0.15) is 0 Å². The molecule has 0 atom stereocenters. The third-order valence-corrected chi connectivity index (χ3v) is 0.852. The molecule has 1 N–H and O–H groups in total. The maximum atomic E-state index is 10.3. The number of rotatable bonds is 1. The number of nitrogens with zero attached hydrogens (tertiary/aromatic N) is 2. The minimum absolute atomic E-state index is 0.431. The third kappa shape index (κ3) is 1.10. The SMILES string of the molecule is CN(C)c1noc(=O)[nH]1. The number of aromatic amines is 1. The van der Waals surface area contributed by atoms with Crippen LogP contribution in [0.4, 0.5) is 5.95 Å². The van der Waals surface area contributed by atoms with Crippen molar-refractivity contribution in [1.82, 2.24) is 10.1 Å². The molecule has 0 aliphatic carbocycles. The van der Waals surface area contributed by atoms with Crippen LogP contribution in [-0.4, -0.2) is 24.2 Å². The Hall–Kier alpha value is -1.26. The van der Waals surface area contributed by atoms with Gasteiger partial charge in [0, 0.05) is 14.1 Å². The molecular weight excluding hydrogens is 122 g/mol. The summed E-state index contributed by atoms with van der Waals surface area (Å²) in [6, 6.07) is 0. The Kier molecular flexibility index (Phi) is 1.26. The van der Waals surface area contributed by atoms with Crippen LogP contribution < -0.4 is 10.7 Å². The Balaban J connectivity index is 2.98. The average Bonchev–Trinajstić information content (AvgIpc) is 2.14. The van der Waals surface area contributed by atoms with Gasteiger partial charge < -0.3 is 4.90 Å². The van der Waals surface area contributed by atoms with Gasteiger partial charge in [0.1, 0.15) is 0 Å². The molecular formula is C4H7N3O2. The largest absolute Gasteiger partial charge is 0.440 e. The molecule has 0 fully saturated rings. The van der Waals surface area contributed by atoms with Gasteiger partial charge in [-0.1, -0.05) is 0 Å². The summed E-state index contributed by atoms with van der Waals surface area (Å²) >= 11 is 0.